The normalized spacial score (nSPS) is 17.3. The zero-order valence-corrected chi connectivity index (χ0v) is 22.3. The highest BCUT2D eigenvalue weighted by Crippen LogP contribution is 2.26. The second-order valence-corrected chi connectivity index (χ2v) is 10.4. The molecular weight excluding hydrogens is 490 g/mol. The Bertz CT molecular complexity index is 1470. The minimum Gasteiger partial charge on any atom is -0.478 e. The summed E-state index contributed by atoms with van der Waals surface area (Å²) in [6.07, 6.45) is 5.95. The van der Waals surface area contributed by atoms with Gasteiger partial charge in [0, 0.05) is 18.5 Å². The van der Waals surface area contributed by atoms with E-state index in [4.69, 9.17) is 4.98 Å². The summed E-state index contributed by atoms with van der Waals surface area (Å²) >= 11 is 0. The first kappa shape index (κ1) is 26.6. The van der Waals surface area contributed by atoms with E-state index in [-0.39, 0.29) is 17.5 Å². The third kappa shape index (κ3) is 5.88. The number of nitrogens with one attached hydrogen (secondary N) is 1. The number of aliphatic hydroxyl groups is 1. The number of rotatable bonds is 9. The Morgan fingerprint density at radius 3 is 2.54 bits per heavy atom. The van der Waals surface area contributed by atoms with E-state index < -0.39 is 12.1 Å². The van der Waals surface area contributed by atoms with Gasteiger partial charge in [0.15, 0.2) is 0 Å². The molecule has 1 aliphatic carbocycles. The number of amides is 1. The number of carboxylic acid groups (broad SMARTS) is 1. The summed E-state index contributed by atoms with van der Waals surface area (Å²) in [7, 11) is 0. The minimum absolute atomic E-state index is 0.176. The summed E-state index contributed by atoms with van der Waals surface area (Å²) in [5.74, 6) is -0.139. The van der Waals surface area contributed by atoms with E-state index in [2.05, 4.69) is 16.8 Å². The molecule has 0 aliphatic heterocycles. The first-order valence-electron chi connectivity index (χ1n) is 13.8. The molecule has 1 fully saturated rings. The molecule has 0 radical (unpaired) electrons. The van der Waals surface area contributed by atoms with Crippen LogP contribution in [0.4, 0.5) is 0 Å². The molecule has 1 saturated carbocycles. The van der Waals surface area contributed by atoms with Crippen LogP contribution in [0.25, 0.3) is 22.2 Å². The predicted octanol–water partition coefficient (Wildman–Crippen LogP) is 5.83. The van der Waals surface area contributed by atoms with Crippen molar-refractivity contribution in [1.29, 1.82) is 0 Å². The predicted molar refractivity (Wildman–Crippen MR) is 152 cm³/mol. The van der Waals surface area contributed by atoms with Gasteiger partial charge in [-0.15, -0.1) is 0 Å². The number of unbranched alkanes of at least 4 members (excludes halogenated alkanes) is 1. The molecule has 3 N–H and O–H groups in total. The molecule has 1 aromatic heterocycles. The van der Waals surface area contributed by atoms with Crippen molar-refractivity contribution in [1.82, 2.24) is 14.9 Å². The number of aryl methyl sites for hydroxylation is 1. The van der Waals surface area contributed by atoms with Crippen molar-refractivity contribution in [3.05, 3.63) is 89.2 Å². The zero-order valence-electron chi connectivity index (χ0n) is 22.3. The number of nitrogens with zero attached hydrogens (tertiary/aromatic N) is 2. The largest absolute Gasteiger partial charge is 0.478 e. The number of aromatic nitrogens is 2. The van der Waals surface area contributed by atoms with Crippen LogP contribution < -0.4 is 5.32 Å². The third-order valence-corrected chi connectivity index (χ3v) is 7.65. The van der Waals surface area contributed by atoms with Crippen LogP contribution in [0, 0.1) is 0 Å². The Hall–Kier alpha value is -3.97. The van der Waals surface area contributed by atoms with Gasteiger partial charge in [-0.25, -0.2) is 9.78 Å². The second-order valence-electron chi connectivity index (χ2n) is 10.4. The maximum Gasteiger partial charge on any atom is 0.336 e. The Kier molecular flexibility index (Phi) is 8.07. The smallest absolute Gasteiger partial charge is 0.336 e. The van der Waals surface area contributed by atoms with Crippen molar-refractivity contribution in [3.63, 3.8) is 0 Å². The molecule has 7 heteroatoms. The summed E-state index contributed by atoms with van der Waals surface area (Å²) in [5, 5.41) is 22.8. The zero-order chi connectivity index (χ0) is 27.4. The number of carbonyl (C=O) groups is 2. The SMILES string of the molecule is CCCCc1nc2cc(C(=O)NC3CCCCC3O)ccc2n1Cc1ccc(-c2ccccc2C(=O)O)cc1. The fourth-order valence-electron chi connectivity index (χ4n) is 5.45. The maximum atomic E-state index is 13.0. The number of hydrogen-bond donors (Lipinski definition) is 3. The van der Waals surface area contributed by atoms with Crippen LogP contribution in [0.1, 0.15) is 77.6 Å². The lowest BCUT2D eigenvalue weighted by molar-refractivity contribution is 0.0696. The monoisotopic (exact) mass is 525 g/mol. The summed E-state index contributed by atoms with van der Waals surface area (Å²) in [6, 6.07) is 20.4. The van der Waals surface area contributed by atoms with Gasteiger partial charge in [-0.1, -0.05) is 68.7 Å². The third-order valence-electron chi connectivity index (χ3n) is 7.65. The first-order valence-corrected chi connectivity index (χ1v) is 13.8. The minimum atomic E-state index is -0.942. The van der Waals surface area contributed by atoms with E-state index in [0.29, 0.717) is 17.7 Å². The molecule has 0 saturated heterocycles. The van der Waals surface area contributed by atoms with E-state index >= 15 is 0 Å². The lowest BCUT2D eigenvalue weighted by atomic mass is 9.92. The molecule has 1 amide bonds. The number of aromatic carboxylic acids is 1. The van der Waals surface area contributed by atoms with Gasteiger partial charge in [-0.05, 0) is 60.2 Å². The van der Waals surface area contributed by atoms with Crippen molar-refractivity contribution in [3.8, 4) is 11.1 Å². The number of imidazole rings is 1. The van der Waals surface area contributed by atoms with Gasteiger partial charge in [-0.2, -0.15) is 0 Å². The van der Waals surface area contributed by atoms with Crippen molar-refractivity contribution < 1.29 is 19.8 Å². The number of hydrogen-bond acceptors (Lipinski definition) is 4. The number of benzene rings is 3. The van der Waals surface area contributed by atoms with E-state index in [9.17, 15) is 19.8 Å². The number of carbonyl (C=O) groups excluding carboxylic acids is 1. The molecule has 2 unspecified atom stereocenters. The summed E-state index contributed by atoms with van der Waals surface area (Å²) in [4.78, 5) is 29.5. The lowest BCUT2D eigenvalue weighted by Gasteiger charge is -2.28. The average Bonchev–Trinajstić information content (AvgIpc) is 3.29. The molecule has 202 valence electrons. The second kappa shape index (κ2) is 11.8. The summed E-state index contributed by atoms with van der Waals surface area (Å²) < 4.78 is 2.21. The highest BCUT2D eigenvalue weighted by molar-refractivity contribution is 5.98. The van der Waals surface area contributed by atoms with Gasteiger partial charge in [-0.3, -0.25) is 4.79 Å². The quantitative estimate of drug-likeness (QED) is 0.255. The van der Waals surface area contributed by atoms with Gasteiger partial charge in [0.1, 0.15) is 5.82 Å². The summed E-state index contributed by atoms with van der Waals surface area (Å²) in [6.45, 7) is 2.78. The maximum absolute atomic E-state index is 13.0. The Labute approximate surface area is 228 Å². The van der Waals surface area contributed by atoms with Crippen molar-refractivity contribution >= 4 is 22.9 Å². The van der Waals surface area contributed by atoms with Crippen molar-refractivity contribution in [2.24, 2.45) is 0 Å². The van der Waals surface area contributed by atoms with Crippen LogP contribution in [0.5, 0.6) is 0 Å². The Morgan fingerprint density at radius 2 is 1.79 bits per heavy atom. The molecule has 39 heavy (non-hydrogen) atoms. The van der Waals surface area contributed by atoms with Crippen LogP contribution >= 0.6 is 0 Å². The van der Waals surface area contributed by atoms with E-state index in [1.807, 2.05) is 54.6 Å². The molecule has 5 rings (SSSR count). The van der Waals surface area contributed by atoms with Crippen LogP contribution in [-0.2, 0) is 13.0 Å². The highest BCUT2D eigenvalue weighted by atomic mass is 16.4. The summed E-state index contributed by atoms with van der Waals surface area (Å²) in [5.41, 5.74) is 5.22. The first-order chi connectivity index (χ1) is 18.9. The molecule has 3 aromatic carbocycles. The molecule has 0 bridgehead atoms. The fourth-order valence-corrected chi connectivity index (χ4v) is 5.45. The number of aliphatic hydroxyl groups excluding tert-OH is 1. The molecule has 1 aliphatic rings. The van der Waals surface area contributed by atoms with Crippen molar-refractivity contribution in [2.75, 3.05) is 0 Å². The molecule has 4 aromatic rings. The Morgan fingerprint density at radius 1 is 1.03 bits per heavy atom. The lowest BCUT2D eigenvalue weighted by Crippen LogP contribution is -2.45. The molecule has 1 heterocycles. The molecule has 2 atom stereocenters. The molecular formula is C32H35N3O4. The van der Waals surface area contributed by atoms with Gasteiger partial charge in [0.25, 0.3) is 5.91 Å². The number of fused-ring (bicyclic) bond motifs is 1. The van der Waals surface area contributed by atoms with Gasteiger partial charge in [0.2, 0.25) is 0 Å². The van der Waals surface area contributed by atoms with E-state index in [0.717, 1.165) is 72.9 Å². The van der Waals surface area contributed by atoms with Crippen molar-refractivity contribution in [2.45, 2.75) is 70.6 Å². The van der Waals surface area contributed by atoms with E-state index in [1.165, 1.54) is 0 Å². The topological polar surface area (TPSA) is 104 Å². The highest BCUT2D eigenvalue weighted by Gasteiger charge is 2.25. The van der Waals surface area contributed by atoms with Crippen LogP contribution in [0.2, 0.25) is 0 Å². The average molecular weight is 526 g/mol. The van der Waals surface area contributed by atoms with Gasteiger partial charge < -0.3 is 20.1 Å². The van der Waals surface area contributed by atoms with Crippen LogP contribution in [0.15, 0.2) is 66.7 Å². The number of carboxylic acids is 1. The molecule has 7 nitrogen and oxygen atoms in total. The molecule has 0 spiro atoms. The van der Waals surface area contributed by atoms with Crippen LogP contribution in [0.3, 0.4) is 0 Å². The van der Waals surface area contributed by atoms with Crippen LogP contribution in [-0.4, -0.2) is 43.8 Å². The van der Waals surface area contributed by atoms with E-state index in [1.54, 1.807) is 12.1 Å². The standard InChI is InChI=1S/C32H35N3O4/c1-2-3-12-30-33-27-19-23(31(37)34-26-10-6-7-11-29(26)36)17-18-28(27)35(30)20-21-13-15-22(16-14-21)24-8-4-5-9-25(24)32(38)39/h4-5,8-9,13-19,26,29,36H,2-3,6-7,10-12,20H2,1H3,(H,34,37)(H,38,39). The van der Waals surface area contributed by atoms with Gasteiger partial charge in [0.05, 0.1) is 28.7 Å². The van der Waals surface area contributed by atoms with Gasteiger partial charge >= 0.3 is 5.97 Å². The Balaban J connectivity index is 1.40. The fraction of sp³-hybridized carbons (Fsp3) is 0.344.